The zero-order valence-corrected chi connectivity index (χ0v) is 18.7. The van der Waals surface area contributed by atoms with Crippen molar-refractivity contribution in [3.05, 3.63) is 93.3 Å². The van der Waals surface area contributed by atoms with Gasteiger partial charge in [-0.2, -0.15) is 5.10 Å². The molecule has 1 atom stereocenters. The van der Waals surface area contributed by atoms with Crippen molar-refractivity contribution in [3.8, 4) is 5.69 Å². The van der Waals surface area contributed by atoms with Crippen LogP contribution in [0.4, 0.5) is 5.69 Å². The predicted molar refractivity (Wildman–Crippen MR) is 126 cm³/mol. The van der Waals surface area contributed by atoms with Crippen LogP contribution >= 0.6 is 11.6 Å². The van der Waals surface area contributed by atoms with Crippen LogP contribution in [-0.4, -0.2) is 33.6 Å². The Morgan fingerprint density at radius 3 is 2.58 bits per heavy atom. The van der Waals surface area contributed by atoms with Crippen LogP contribution < -0.4 is 10.7 Å². The first-order valence-corrected chi connectivity index (χ1v) is 10.5. The number of carbonyl (C=O) groups is 2. The normalized spacial score (nSPS) is 12.0. The maximum Gasteiger partial charge on any atom is 0.271 e. The number of benzene rings is 2. The minimum Gasteiger partial charge on any atom is -0.340 e. The van der Waals surface area contributed by atoms with Crippen molar-refractivity contribution in [1.29, 1.82) is 0 Å². The number of nitrogens with zero attached hydrogens (tertiary/aromatic N) is 3. The lowest BCUT2D eigenvalue weighted by Crippen LogP contribution is -2.48. The van der Waals surface area contributed by atoms with Crippen LogP contribution in [0.25, 0.3) is 5.69 Å². The Bertz CT molecular complexity index is 1200. The topological polar surface area (TPSA) is 119 Å². The Kier molecular flexibility index (Phi) is 7.57. The fourth-order valence-corrected chi connectivity index (χ4v) is 3.30. The first-order chi connectivity index (χ1) is 15.8. The third-order valence-electron chi connectivity index (χ3n) is 4.79. The molecule has 0 aliphatic heterocycles. The molecule has 2 aromatic carbocycles. The number of non-ortho nitro benzene ring substituents is 1. The molecule has 9 nitrogen and oxygen atoms in total. The van der Waals surface area contributed by atoms with Crippen molar-refractivity contribution in [2.45, 2.75) is 19.9 Å². The lowest BCUT2D eigenvalue weighted by molar-refractivity contribution is -0.384. The van der Waals surface area contributed by atoms with Gasteiger partial charge in [-0.25, -0.2) is 5.43 Å². The van der Waals surface area contributed by atoms with E-state index in [1.165, 1.54) is 24.4 Å². The summed E-state index contributed by atoms with van der Waals surface area (Å²) in [5, 5.41) is 18.2. The first kappa shape index (κ1) is 23.7. The number of hydrogen-bond donors (Lipinski definition) is 2. The number of amides is 2. The van der Waals surface area contributed by atoms with Gasteiger partial charge in [0.25, 0.3) is 17.5 Å². The largest absolute Gasteiger partial charge is 0.340 e. The highest BCUT2D eigenvalue weighted by Gasteiger charge is 2.24. The molecule has 10 heteroatoms. The lowest BCUT2D eigenvalue weighted by Gasteiger charge is -2.20. The molecule has 3 aromatic rings. The minimum atomic E-state index is -0.822. The van der Waals surface area contributed by atoms with Gasteiger partial charge in [-0.15, -0.1) is 0 Å². The molecule has 0 saturated carbocycles. The summed E-state index contributed by atoms with van der Waals surface area (Å²) >= 11 is 5.94. The molecule has 1 aromatic heterocycles. The summed E-state index contributed by atoms with van der Waals surface area (Å²) in [7, 11) is 0. The van der Waals surface area contributed by atoms with Gasteiger partial charge in [0.15, 0.2) is 0 Å². The van der Waals surface area contributed by atoms with Crippen LogP contribution in [0.2, 0.25) is 5.02 Å². The van der Waals surface area contributed by atoms with Gasteiger partial charge >= 0.3 is 0 Å². The summed E-state index contributed by atoms with van der Waals surface area (Å²) in [4.78, 5) is 35.8. The molecule has 0 bridgehead atoms. The highest BCUT2D eigenvalue weighted by molar-refractivity contribution is 6.31. The van der Waals surface area contributed by atoms with Gasteiger partial charge in [0.05, 0.1) is 22.5 Å². The number of nitrogens with one attached hydrogen (secondary N) is 2. The Hall–Kier alpha value is -3.98. The molecule has 1 heterocycles. The van der Waals surface area contributed by atoms with Crippen molar-refractivity contribution in [3.63, 3.8) is 0 Å². The lowest BCUT2D eigenvalue weighted by atomic mass is 10.0. The summed E-state index contributed by atoms with van der Waals surface area (Å²) in [6.45, 7) is 3.61. The van der Waals surface area contributed by atoms with Gasteiger partial charge in [0.1, 0.15) is 6.04 Å². The van der Waals surface area contributed by atoms with Crippen molar-refractivity contribution >= 4 is 35.3 Å². The number of nitro benzene ring substituents is 1. The van der Waals surface area contributed by atoms with E-state index >= 15 is 0 Å². The second-order valence-electron chi connectivity index (χ2n) is 7.52. The maximum atomic E-state index is 12.7. The molecule has 1 unspecified atom stereocenters. The van der Waals surface area contributed by atoms with Gasteiger partial charge in [-0.05, 0) is 42.3 Å². The molecule has 2 N–H and O–H groups in total. The van der Waals surface area contributed by atoms with Gasteiger partial charge in [-0.3, -0.25) is 19.7 Å². The second-order valence-corrected chi connectivity index (χ2v) is 7.96. The molecule has 170 valence electrons. The fraction of sp³-hybridized carbons (Fsp3) is 0.174. The Balaban J connectivity index is 1.70. The first-order valence-electron chi connectivity index (χ1n) is 10.1. The Morgan fingerprint density at radius 1 is 1.12 bits per heavy atom. The van der Waals surface area contributed by atoms with Crippen LogP contribution in [0.15, 0.2) is 72.0 Å². The van der Waals surface area contributed by atoms with E-state index in [1.54, 1.807) is 67.1 Å². The van der Waals surface area contributed by atoms with E-state index < -0.39 is 22.8 Å². The molecule has 2 amide bonds. The van der Waals surface area contributed by atoms with E-state index in [-0.39, 0.29) is 11.6 Å². The number of halogens is 1. The number of rotatable bonds is 8. The van der Waals surface area contributed by atoms with E-state index in [9.17, 15) is 19.7 Å². The molecular weight excluding hydrogens is 446 g/mol. The minimum absolute atomic E-state index is 0.0346. The molecule has 0 radical (unpaired) electrons. The average Bonchev–Trinajstić information content (AvgIpc) is 3.25. The van der Waals surface area contributed by atoms with E-state index in [1.807, 2.05) is 0 Å². The third kappa shape index (κ3) is 6.05. The highest BCUT2D eigenvalue weighted by Crippen LogP contribution is 2.18. The smallest absolute Gasteiger partial charge is 0.271 e. The fourth-order valence-electron chi connectivity index (χ4n) is 3.11. The second kappa shape index (κ2) is 10.6. The van der Waals surface area contributed by atoms with E-state index in [4.69, 9.17) is 11.6 Å². The van der Waals surface area contributed by atoms with Crippen molar-refractivity contribution in [2.75, 3.05) is 0 Å². The summed E-state index contributed by atoms with van der Waals surface area (Å²) < 4.78 is 1.70. The molecule has 0 spiro atoms. The van der Waals surface area contributed by atoms with Crippen LogP contribution in [0.1, 0.15) is 29.9 Å². The zero-order valence-electron chi connectivity index (χ0n) is 17.9. The van der Waals surface area contributed by atoms with E-state index in [2.05, 4.69) is 15.8 Å². The number of nitro groups is 1. The number of hydrogen-bond acceptors (Lipinski definition) is 5. The summed E-state index contributed by atoms with van der Waals surface area (Å²) in [5.74, 6) is -1.10. The monoisotopic (exact) mass is 467 g/mol. The molecule has 0 fully saturated rings. The molecular formula is C23H22ClN5O4. The van der Waals surface area contributed by atoms with Crippen molar-refractivity contribution < 1.29 is 14.5 Å². The van der Waals surface area contributed by atoms with Crippen LogP contribution in [0.5, 0.6) is 0 Å². The third-order valence-corrected chi connectivity index (χ3v) is 5.03. The van der Waals surface area contributed by atoms with Crippen LogP contribution in [0.3, 0.4) is 0 Å². The number of hydrazone groups is 1. The van der Waals surface area contributed by atoms with E-state index in [0.29, 0.717) is 22.0 Å². The summed E-state index contributed by atoms with van der Waals surface area (Å²) in [6, 6.07) is 15.3. The van der Waals surface area contributed by atoms with Crippen LogP contribution in [0, 0.1) is 16.0 Å². The van der Waals surface area contributed by atoms with Crippen LogP contribution in [-0.2, 0) is 4.79 Å². The van der Waals surface area contributed by atoms with Gasteiger partial charge in [0, 0.05) is 28.9 Å². The highest BCUT2D eigenvalue weighted by atomic mass is 35.5. The number of aromatic nitrogens is 1. The molecule has 3 rings (SSSR count). The predicted octanol–water partition coefficient (Wildman–Crippen LogP) is 3.94. The molecule has 0 aliphatic rings. The maximum absolute atomic E-state index is 12.7. The van der Waals surface area contributed by atoms with Gasteiger partial charge in [0.2, 0.25) is 0 Å². The molecule has 0 aliphatic carbocycles. The van der Waals surface area contributed by atoms with Crippen molar-refractivity contribution in [2.24, 2.45) is 11.0 Å². The molecule has 0 saturated heterocycles. The summed E-state index contributed by atoms with van der Waals surface area (Å²) in [6.07, 6.45) is 3.15. The number of carbonyl (C=O) groups excluding carboxylic acids is 2. The van der Waals surface area contributed by atoms with Gasteiger partial charge in [-0.1, -0.05) is 37.6 Å². The average molecular weight is 468 g/mol. The SMILES string of the molecule is CC(C)C(NC(=O)c1cccc(Cl)c1)C(=O)NN=Cc1cccn1-c1cccc([N+](=O)[O-])c1. The molecule has 33 heavy (non-hydrogen) atoms. The Labute approximate surface area is 195 Å². The van der Waals surface area contributed by atoms with E-state index in [0.717, 1.165) is 0 Å². The summed E-state index contributed by atoms with van der Waals surface area (Å²) in [5.41, 5.74) is 3.94. The zero-order chi connectivity index (χ0) is 24.0. The van der Waals surface area contributed by atoms with Crippen molar-refractivity contribution in [1.82, 2.24) is 15.3 Å². The van der Waals surface area contributed by atoms with Gasteiger partial charge < -0.3 is 9.88 Å². The quantitative estimate of drug-likeness (QED) is 0.296. The standard InChI is InChI=1S/C23H22ClN5O4/c1-15(2)21(26-22(30)16-6-3-7-17(24)12-16)23(31)27-25-14-20-10-5-11-28(20)18-8-4-9-19(13-18)29(32)33/h3-15,21H,1-2H3,(H,26,30)(H,27,31). The Morgan fingerprint density at radius 2 is 1.88 bits per heavy atom.